The number of pyridine rings is 1. The number of aromatic nitrogens is 1. The van der Waals surface area contributed by atoms with E-state index in [1.807, 2.05) is 20.8 Å². The van der Waals surface area contributed by atoms with Gasteiger partial charge in [-0.15, -0.1) is 0 Å². The van der Waals surface area contributed by atoms with Gasteiger partial charge in [-0.2, -0.15) is 0 Å². The molecule has 13 heavy (non-hydrogen) atoms. The van der Waals surface area contributed by atoms with Gasteiger partial charge in [0, 0.05) is 20.4 Å². The summed E-state index contributed by atoms with van der Waals surface area (Å²) >= 11 is 0. The average Bonchev–Trinajstić information content (AvgIpc) is 2.23. The van der Waals surface area contributed by atoms with Crippen LogP contribution in [0.1, 0.15) is 32.6 Å². The summed E-state index contributed by atoms with van der Waals surface area (Å²) in [5.41, 5.74) is 0.606. The van der Waals surface area contributed by atoms with Gasteiger partial charge in [0.05, 0.1) is 5.56 Å². The van der Waals surface area contributed by atoms with Crippen LogP contribution in [0.5, 0.6) is 0 Å². The van der Waals surface area contributed by atoms with Crippen molar-refractivity contribution in [1.82, 2.24) is 10.3 Å². The monoisotopic (exact) mass is 182 g/mol. The largest absolute Gasteiger partial charge is 0.352 e. The number of rotatable bonds is 2. The van der Waals surface area contributed by atoms with Crippen molar-refractivity contribution in [2.75, 3.05) is 6.54 Å². The third kappa shape index (κ3) is 4.25. The van der Waals surface area contributed by atoms with Gasteiger partial charge in [0.15, 0.2) is 0 Å². The van der Waals surface area contributed by atoms with Gasteiger partial charge in [-0.1, -0.05) is 13.8 Å². The fourth-order valence-electron chi connectivity index (χ4n) is 0.760. The Morgan fingerprint density at radius 1 is 1.62 bits per heavy atom. The van der Waals surface area contributed by atoms with Crippen molar-refractivity contribution in [3.63, 3.8) is 0 Å². The molecule has 1 aromatic heterocycles. The summed E-state index contributed by atoms with van der Waals surface area (Å²) in [6.45, 7) is 6.53. The summed E-state index contributed by atoms with van der Waals surface area (Å²) in [5.74, 6) is -0.0689. The summed E-state index contributed by atoms with van der Waals surface area (Å²) in [6, 6.07) is 3.47. The highest BCUT2D eigenvalue weighted by Crippen LogP contribution is 1.93. The highest BCUT2D eigenvalue weighted by Gasteiger charge is 2.00. The molecule has 0 atom stereocenters. The lowest BCUT2D eigenvalue weighted by molar-refractivity contribution is 0.0955. The van der Waals surface area contributed by atoms with Gasteiger partial charge in [-0.25, -0.2) is 0 Å². The van der Waals surface area contributed by atoms with Crippen molar-refractivity contribution >= 4 is 5.91 Å². The fraction of sp³-hybridized carbons (Fsp3) is 0.400. The van der Waals surface area contributed by atoms with E-state index in [0.29, 0.717) is 12.1 Å². The van der Waals surface area contributed by atoms with E-state index in [-0.39, 0.29) is 7.33 Å². The van der Waals surface area contributed by atoms with E-state index in [1.165, 1.54) is 0 Å². The summed E-state index contributed by atoms with van der Waals surface area (Å²) in [7, 11) is 0. The van der Waals surface area contributed by atoms with Gasteiger partial charge in [0.2, 0.25) is 0 Å². The van der Waals surface area contributed by atoms with Crippen LogP contribution in [0.3, 0.4) is 0 Å². The first kappa shape index (κ1) is 11.6. The molecule has 0 bridgehead atoms. The lowest BCUT2D eigenvalue weighted by Gasteiger charge is -1.99. The highest BCUT2D eigenvalue weighted by atomic mass is 16.1. The summed E-state index contributed by atoms with van der Waals surface area (Å²) in [4.78, 5) is 14.9. The highest BCUT2D eigenvalue weighted by molar-refractivity contribution is 5.93. The molecule has 1 N–H and O–H groups in total. The molecule has 0 saturated heterocycles. The zero-order valence-corrected chi connectivity index (χ0v) is 8.37. The Labute approximate surface area is 80.7 Å². The van der Waals surface area contributed by atoms with E-state index < -0.39 is 0 Å². The molecule has 1 amide bonds. The van der Waals surface area contributed by atoms with Crippen molar-refractivity contribution in [2.45, 2.75) is 20.8 Å². The minimum atomic E-state index is -0.0689. The Bertz CT molecular complexity index is 239. The van der Waals surface area contributed by atoms with Crippen LogP contribution >= 0.6 is 0 Å². The van der Waals surface area contributed by atoms with Crippen molar-refractivity contribution in [2.24, 2.45) is 0 Å². The van der Waals surface area contributed by atoms with E-state index in [1.54, 1.807) is 24.5 Å². The third-order valence-corrected chi connectivity index (χ3v) is 1.26. The van der Waals surface area contributed by atoms with Gasteiger partial charge in [-0.05, 0) is 19.1 Å². The zero-order chi connectivity index (χ0) is 10.1. The number of carbonyl (C=O) groups excluding carboxylic acids is 1. The van der Waals surface area contributed by atoms with Crippen LogP contribution in [0.2, 0.25) is 0 Å². The molecule has 3 heteroatoms. The van der Waals surface area contributed by atoms with Crippen LogP contribution < -0.4 is 5.32 Å². The maximum Gasteiger partial charge on any atom is 0.252 e. The molecule has 3 nitrogen and oxygen atoms in total. The van der Waals surface area contributed by atoms with Crippen molar-refractivity contribution < 1.29 is 6.22 Å². The molecule has 0 fully saturated rings. The summed E-state index contributed by atoms with van der Waals surface area (Å²) in [5, 5.41) is 2.68. The van der Waals surface area contributed by atoms with Crippen LogP contribution in [-0.4, -0.2) is 17.4 Å². The van der Waals surface area contributed by atoms with E-state index in [2.05, 4.69) is 10.3 Å². The molecule has 1 aromatic rings. The second-order valence-electron chi connectivity index (χ2n) is 2.10. The van der Waals surface area contributed by atoms with Crippen molar-refractivity contribution in [1.29, 1.82) is 0 Å². The van der Waals surface area contributed by atoms with Gasteiger partial charge >= 0.3 is 0 Å². The molecule has 0 unspecified atom stereocenters. The number of hydrogen-bond acceptors (Lipinski definition) is 2. The smallest absolute Gasteiger partial charge is 0.252 e. The lowest BCUT2D eigenvalue weighted by Crippen LogP contribution is -2.22. The topological polar surface area (TPSA) is 42.0 Å². The first-order valence-electron chi connectivity index (χ1n) is 4.53. The molecular formula is C10H18N2O. The lowest BCUT2D eigenvalue weighted by atomic mass is 10.3. The molecule has 0 aliphatic heterocycles. The molecular weight excluding hydrogens is 164 g/mol. The number of amides is 1. The molecule has 0 aliphatic carbocycles. The van der Waals surface area contributed by atoms with Crippen molar-refractivity contribution in [3.8, 4) is 0 Å². The SMILES string of the molecule is CC.CCNC(=O)c1cccnc1.[HH]. The van der Waals surface area contributed by atoms with E-state index in [0.717, 1.165) is 0 Å². The average molecular weight is 182 g/mol. The van der Waals surface area contributed by atoms with Gasteiger partial charge in [0.25, 0.3) is 5.91 Å². The minimum absolute atomic E-state index is 0. The molecule has 0 aromatic carbocycles. The predicted molar refractivity (Wildman–Crippen MR) is 55.7 cm³/mol. The molecule has 74 valence electrons. The maximum atomic E-state index is 11.1. The van der Waals surface area contributed by atoms with Crippen LogP contribution in [0.4, 0.5) is 0 Å². The van der Waals surface area contributed by atoms with Gasteiger partial charge in [0.1, 0.15) is 0 Å². The second-order valence-corrected chi connectivity index (χ2v) is 2.10. The van der Waals surface area contributed by atoms with Crippen LogP contribution in [0, 0.1) is 0 Å². The minimum Gasteiger partial charge on any atom is -0.352 e. The normalized spacial score (nSPS) is 8.23. The summed E-state index contributed by atoms with van der Waals surface area (Å²) < 4.78 is 0. The fourth-order valence-corrected chi connectivity index (χ4v) is 0.760. The zero-order valence-electron chi connectivity index (χ0n) is 8.37. The predicted octanol–water partition coefficient (Wildman–Crippen LogP) is 2.10. The number of nitrogens with one attached hydrogen (secondary N) is 1. The number of hydrogen-bond donors (Lipinski definition) is 1. The van der Waals surface area contributed by atoms with Gasteiger partial charge < -0.3 is 5.32 Å². The first-order valence-corrected chi connectivity index (χ1v) is 4.53. The van der Waals surface area contributed by atoms with E-state index in [4.69, 9.17) is 0 Å². The Balaban J connectivity index is 0. The Kier molecular flexibility index (Phi) is 6.51. The van der Waals surface area contributed by atoms with Crippen LogP contribution in [-0.2, 0) is 0 Å². The molecule has 1 heterocycles. The second kappa shape index (κ2) is 7.28. The Morgan fingerprint density at radius 2 is 2.31 bits per heavy atom. The van der Waals surface area contributed by atoms with Crippen LogP contribution in [0.15, 0.2) is 24.5 Å². The molecule has 0 aliphatic rings. The van der Waals surface area contributed by atoms with Gasteiger partial charge in [-0.3, -0.25) is 9.78 Å². The molecule has 0 saturated carbocycles. The third-order valence-electron chi connectivity index (χ3n) is 1.26. The number of carbonyl (C=O) groups is 1. The molecule has 0 spiro atoms. The molecule has 1 rings (SSSR count). The number of nitrogens with zero attached hydrogens (tertiary/aromatic N) is 1. The Morgan fingerprint density at radius 3 is 2.77 bits per heavy atom. The van der Waals surface area contributed by atoms with Crippen LogP contribution in [0.25, 0.3) is 0 Å². The standard InChI is InChI=1S/C8H10N2O.C2H6.H2/c1-2-10-8(11)7-4-3-5-9-6-7;1-2;/h3-6H,2H2,1H3,(H,10,11);1-2H3;1H. The Hall–Kier alpha value is -1.38. The first-order chi connectivity index (χ1) is 6.34. The maximum absolute atomic E-state index is 11.1. The molecule has 0 radical (unpaired) electrons. The quantitative estimate of drug-likeness (QED) is 0.761. The van der Waals surface area contributed by atoms with E-state index in [9.17, 15) is 4.79 Å². The van der Waals surface area contributed by atoms with Crippen molar-refractivity contribution in [3.05, 3.63) is 30.1 Å². The van der Waals surface area contributed by atoms with E-state index >= 15 is 0 Å². The summed E-state index contributed by atoms with van der Waals surface area (Å²) in [6.07, 6.45) is 3.19.